The molecule has 0 spiro atoms. The van der Waals surface area contributed by atoms with E-state index < -0.39 is 26.0 Å². The van der Waals surface area contributed by atoms with Crippen LogP contribution in [-0.2, 0) is 20.0 Å². The van der Waals surface area contributed by atoms with Gasteiger partial charge in [0.2, 0.25) is 16.0 Å². The van der Waals surface area contributed by atoms with E-state index in [1.807, 2.05) is 6.92 Å². The van der Waals surface area contributed by atoms with Crippen LogP contribution in [0.15, 0.2) is 70.6 Å². The molecule has 1 aromatic heterocycles. The van der Waals surface area contributed by atoms with Crippen molar-refractivity contribution in [2.24, 2.45) is 0 Å². The summed E-state index contributed by atoms with van der Waals surface area (Å²) in [6.45, 7) is 4.12. The third kappa shape index (κ3) is 5.72. The van der Waals surface area contributed by atoms with Crippen LogP contribution in [0, 0.1) is 6.92 Å². The van der Waals surface area contributed by atoms with Crippen LogP contribution < -0.4 is 10.0 Å². The predicted octanol–water partition coefficient (Wildman–Crippen LogP) is 3.40. The predicted molar refractivity (Wildman–Crippen MR) is 136 cm³/mol. The first kappa shape index (κ1) is 25.7. The molecule has 1 fully saturated rings. The largest absolute Gasteiger partial charge is 0.322 e. The van der Waals surface area contributed by atoms with Gasteiger partial charge in [-0.3, -0.25) is 4.79 Å². The van der Waals surface area contributed by atoms with Gasteiger partial charge in [-0.05, 0) is 81.3 Å². The number of nitrogens with zero attached hydrogens (tertiary/aromatic N) is 3. The molecule has 1 unspecified atom stereocenters. The van der Waals surface area contributed by atoms with Crippen molar-refractivity contribution in [1.29, 1.82) is 0 Å². The smallest absolute Gasteiger partial charge is 0.264 e. The summed E-state index contributed by atoms with van der Waals surface area (Å²) < 4.78 is 55.0. The average Bonchev–Trinajstić information content (AvgIpc) is 2.84. The fraction of sp³-hybridized carbons (Fsp3) is 0.292. The van der Waals surface area contributed by atoms with Gasteiger partial charge in [-0.25, -0.2) is 31.5 Å². The monoisotopic (exact) mass is 529 g/mol. The summed E-state index contributed by atoms with van der Waals surface area (Å²) in [6.07, 6.45) is 4.13. The lowest BCUT2D eigenvalue weighted by Gasteiger charge is -2.32. The van der Waals surface area contributed by atoms with Gasteiger partial charge in [-0.2, -0.15) is 4.31 Å². The third-order valence-corrected chi connectivity index (χ3v) is 9.28. The Morgan fingerprint density at radius 1 is 0.944 bits per heavy atom. The summed E-state index contributed by atoms with van der Waals surface area (Å²) >= 11 is 0. The first-order valence-corrected chi connectivity index (χ1v) is 14.3. The van der Waals surface area contributed by atoms with Crippen LogP contribution in [0.3, 0.4) is 0 Å². The minimum absolute atomic E-state index is 0.0212. The van der Waals surface area contributed by atoms with E-state index in [1.54, 1.807) is 13.0 Å². The minimum atomic E-state index is -3.91. The number of aromatic nitrogens is 2. The number of carbonyl (C=O) groups excluding carboxylic acids is 1. The molecule has 1 aliphatic rings. The SMILES string of the molecule is Cc1ccnc(NS(=O)(=O)c2ccc(NC(=O)c3ccc(S(=O)(=O)N4CCCCC4C)cc3)cc2)n1. The highest BCUT2D eigenvalue weighted by Crippen LogP contribution is 2.25. The number of rotatable bonds is 7. The quantitative estimate of drug-likeness (QED) is 0.478. The number of hydrogen-bond donors (Lipinski definition) is 2. The van der Waals surface area contributed by atoms with Crippen molar-refractivity contribution in [1.82, 2.24) is 14.3 Å². The summed E-state index contributed by atoms with van der Waals surface area (Å²) in [5.41, 5.74) is 1.27. The fourth-order valence-corrected chi connectivity index (χ4v) is 6.59. The average molecular weight is 530 g/mol. The maximum Gasteiger partial charge on any atom is 0.264 e. The first-order valence-electron chi connectivity index (χ1n) is 11.4. The highest BCUT2D eigenvalue weighted by molar-refractivity contribution is 7.92. The molecule has 3 aromatic rings. The molecule has 0 radical (unpaired) electrons. The van der Waals surface area contributed by atoms with E-state index in [0.717, 1.165) is 19.3 Å². The summed E-state index contributed by atoms with van der Waals surface area (Å²) in [5.74, 6) is -0.486. The molecule has 2 heterocycles. The molecule has 0 aliphatic carbocycles. The minimum Gasteiger partial charge on any atom is -0.322 e. The number of hydrogen-bond acceptors (Lipinski definition) is 7. The van der Waals surface area contributed by atoms with Crippen LogP contribution in [0.5, 0.6) is 0 Å². The molecule has 4 rings (SSSR count). The van der Waals surface area contributed by atoms with Gasteiger partial charge in [0.1, 0.15) is 0 Å². The van der Waals surface area contributed by atoms with Crippen molar-refractivity contribution in [2.45, 2.75) is 48.9 Å². The Hall–Kier alpha value is -3.35. The van der Waals surface area contributed by atoms with Gasteiger partial charge in [-0.1, -0.05) is 6.42 Å². The fourth-order valence-electron chi connectivity index (χ4n) is 3.94. The van der Waals surface area contributed by atoms with Gasteiger partial charge in [0.25, 0.3) is 15.9 Å². The molecule has 2 aromatic carbocycles. The Labute approximate surface area is 210 Å². The van der Waals surface area contributed by atoms with E-state index in [2.05, 4.69) is 20.0 Å². The van der Waals surface area contributed by atoms with Gasteiger partial charge in [0, 0.05) is 35.7 Å². The molecule has 1 aliphatic heterocycles. The summed E-state index contributed by atoms with van der Waals surface area (Å²) in [7, 11) is -7.53. The molecule has 1 saturated heterocycles. The van der Waals surface area contributed by atoms with Gasteiger partial charge < -0.3 is 5.32 Å². The Kier molecular flexibility index (Phi) is 7.38. The zero-order valence-electron chi connectivity index (χ0n) is 19.9. The molecule has 0 bridgehead atoms. The Bertz CT molecular complexity index is 1460. The molecule has 10 nitrogen and oxygen atoms in total. The zero-order valence-corrected chi connectivity index (χ0v) is 21.5. The number of aryl methyl sites for hydroxylation is 1. The number of amides is 1. The van der Waals surface area contributed by atoms with Gasteiger partial charge >= 0.3 is 0 Å². The van der Waals surface area contributed by atoms with E-state index >= 15 is 0 Å². The highest BCUT2D eigenvalue weighted by Gasteiger charge is 2.31. The van der Waals surface area contributed by atoms with Crippen molar-refractivity contribution < 1.29 is 21.6 Å². The van der Waals surface area contributed by atoms with Crippen LogP contribution >= 0.6 is 0 Å². The molecule has 190 valence electrons. The summed E-state index contributed by atoms with van der Waals surface area (Å²) in [4.78, 5) is 20.7. The standard InChI is InChI=1S/C24H27N5O5S2/c1-17-14-15-25-24(26-17)28-35(31,32)21-12-8-20(9-13-21)27-23(30)19-6-10-22(11-7-19)36(33,34)29-16-4-3-5-18(29)2/h6-15,18H,3-5,16H2,1-2H3,(H,27,30)(H,25,26,28). The first-order chi connectivity index (χ1) is 17.1. The van der Waals surface area contributed by atoms with Crippen molar-refractivity contribution in [2.75, 3.05) is 16.6 Å². The lowest BCUT2D eigenvalue weighted by Crippen LogP contribution is -2.41. The summed E-state index contributed by atoms with van der Waals surface area (Å²) in [5, 5.41) is 2.68. The van der Waals surface area contributed by atoms with Crippen molar-refractivity contribution >= 4 is 37.6 Å². The number of benzene rings is 2. The van der Waals surface area contributed by atoms with E-state index in [4.69, 9.17) is 0 Å². The van der Waals surface area contributed by atoms with Crippen LogP contribution in [-0.4, -0.2) is 49.6 Å². The van der Waals surface area contributed by atoms with E-state index in [-0.39, 0.29) is 27.3 Å². The van der Waals surface area contributed by atoms with E-state index in [0.29, 0.717) is 17.9 Å². The topological polar surface area (TPSA) is 138 Å². The Morgan fingerprint density at radius 3 is 2.25 bits per heavy atom. The van der Waals surface area contributed by atoms with Gasteiger partial charge in [-0.15, -0.1) is 0 Å². The maximum atomic E-state index is 13.0. The van der Waals surface area contributed by atoms with Crippen LogP contribution in [0.25, 0.3) is 0 Å². The Morgan fingerprint density at radius 2 is 1.61 bits per heavy atom. The highest BCUT2D eigenvalue weighted by atomic mass is 32.2. The second kappa shape index (κ2) is 10.3. The van der Waals surface area contributed by atoms with Crippen LogP contribution in [0.4, 0.5) is 11.6 Å². The third-order valence-electron chi connectivity index (χ3n) is 5.91. The zero-order chi connectivity index (χ0) is 25.9. The second-order valence-corrected chi connectivity index (χ2v) is 12.2. The number of sulfonamides is 2. The Balaban J connectivity index is 1.42. The molecular weight excluding hydrogens is 502 g/mol. The molecular formula is C24H27N5O5S2. The number of nitrogens with one attached hydrogen (secondary N) is 2. The summed E-state index contributed by atoms with van der Waals surface area (Å²) in [6, 6.07) is 13.0. The molecule has 36 heavy (non-hydrogen) atoms. The van der Waals surface area contributed by atoms with Crippen LogP contribution in [0.1, 0.15) is 42.2 Å². The lowest BCUT2D eigenvalue weighted by molar-refractivity contribution is 0.102. The molecule has 1 amide bonds. The molecule has 2 N–H and O–H groups in total. The van der Waals surface area contributed by atoms with Gasteiger partial charge in [0.15, 0.2) is 0 Å². The van der Waals surface area contributed by atoms with Crippen molar-refractivity contribution in [3.63, 3.8) is 0 Å². The van der Waals surface area contributed by atoms with Gasteiger partial charge in [0.05, 0.1) is 9.79 Å². The lowest BCUT2D eigenvalue weighted by atomic mass is 10.1. The molecule has 1 atom stereocenters. The number of piperidine rings is 1. The van der Waals surface area contributed by atoms with Crippen molar-refractivity contribution in [3.05, 3.63) is 72.1 Å². The second-order valence-electron chi connectivity index (χ2n) is 8.59. The van der Waals surface area contributed by atoms with E-state index in [1.165, 1.54) is 59.0 Å². The molecule has 12 heteroatoms. The van der Waals surface area contributed by atoms with E-state index in [9.17, 15) is 21.6 Å². The number of anilines is 2. The normalized spacial score (nSPS) is 16.9. The van der Waals surface area contributed by atoms with Crippen molar-refractivity contribution in [3.8, 4) is 0 Å². The van der Waals surface area contributed by atoms with Crippen LogP contribution in [0.2, 0.25) is 0 Å². The molecule has 0 saturated carbocycles. The maximum absolute atomic E-state index is 13.0. The number of carbonyl (C=O) groups is 1.